The Balaban J connectivity index is 1.87. The molecule has 5 heteroatoms. The van der Waals surface area contributed by atoms with E-state index in [2.05, 4.69) is 0 Å². The van der Waals surface area contributed by atoms with Gasteiger partial charge in [-0.15, -0.1) is 0 Å². The van der Waals surface area contributed by atoms with Crippen molar-refractivity contribution in [2.24, 2.45) is 5.92 Å². The molecule has 0 spiro atoms. The van der Waals surface area contributed by atoms with Gasteiger partial charge in [0.2, 0.25) is 5.91 Å². The lowest BCUT2D eigenvalue weighted by atomic mass is 9.84. The van der Waals surface area contributed by atoms with E-state index in [9.17, 15) is 9.59 Å². The fourth-order valence-electron chi connectivity index (χ4n) is 2.47. The molecule has 0 bridgehead atoms. The maximum atomic E-state index is 12.2. The van der Waals surface area contributed by atoms with Gasteiger partial charge in [-0.3, -0.25) is 9.59 Å². The number of carbonyl (C=O) groups excluding carboxylic acids is 1. The topological polar surface area (TPSA) is 66.8 Å². The Kier molecular flexibility index (Phi) is 4.58. The zero-order valence-corrected chi connectivity index (χ0v) is 10.6. The molecule has 0 radical (unpaired) electrons. The predicted octanol–water partition coefficient (Wildman–Crippen LogP) is 1.27. The summed E-state index contributed by atoms with van der Waals surface area (Å²) >= 11 is 0. The van der Waals surface area contributed by atoms with Crippen LogP contribution < -0.4 is 0 Å². The zero-order chi connectivity index (χ0) is 13.0. The lowest BCUT2D eigenvalue weighted by molar-refractivity contribution is -0.142. The molecule has 2 aliphatic rings. The Morgan fingerprint density at radius 2 is 2.00 bits per heavy atom. The van der Waals surface area contributed by atoms with Crippen molar-refractivity contribution in [2.75, 3.05) is 19.7 Å². The molecule has 1 saturated heterocycles. The van der Waals surface area contributed by atoms with Crippen molar-refractivity contribution in [2.45, 2.75) is 44.6 Å². The highest BCUT2D eigenvalue weighted by molar-refractivity contribution is 5.80. The lowest BCUT2D eigenvalue weighted by Crippen LogP contribution is -2.43. The third-order valence-electron chi connectivity index (χ3n) is 3.81. The molecule has 2 fully saturated rings. The van der Waals surface area contributed by atoms with Crippen molar-refractivity contribution in [3.63, 3.8) is 0 Å². The summed E-state index contributed by atoms with van der Waals surface area (Å²) in [7, 11) is 0. The third kappa shape index (κ3) is 3.45. The van der Waals surface area contributed by atoms with Gasteiger partial charge < -0.3 is 14.7 Å². The highest BCUT2D eigenvalue weighted by Gasteiger charge is 2.31. The zero-order valence-electron chi connectivity index (χ0n) is 10.6. The highest BCUT2D eigenvalue weighted by Crippen LogP contribution is 2.28. The predicted molar refractivity (Wildman–Crippen MR) is 65.1 cm³/mol. The number of nitrogens with zero attached hydrogens (tertiary/aromatic N) is 1. The molecule has 1 N–H and O–H groups in total. The minimum absolute atomic E-state index is 0.0190. The maximum Gasteiger partial charge on any atom is 0.305 e. The van der Waals surface area contributed by atoms with Gasteiger partial charge in [-0.05, 0) is 25.7 Å². The first-order valence-corrected chi connectivity index (χ1v) is 6.79. The Hall–Kier alpha value is -1.10. The van der Waals surface area contributed by atoms with Gasteiger partial charge >= 0.3 is 5.97 Å². The molecule has 1 heterocycles. The van der Waals surface area contributed by atoms with Gasteiger partial charge in [-0.1, -0.05) is 6.42 Å². The molecule has 1 amide bonds. The molecule has 0 aromatic carbocycles. The molecule has 1 saturated carbocycles. The number of carboxylic acid groups (broad SMARTS) is 1. The van der Waals surface area contributed by atoms with Crippen LogP contribution in [-0.2, 0) is 14.3 Å². The van der Waals surface area contributed by atoms with Crippen LogP contribution in [0.4, 0.5) is 0 Å². The van der Waals surface area contributed by atoms with E-state index in [0.717, 1.165) is 38.7 Å². The van der Waals surface area contributed by atoms with E-state index < -0.39 is 5.97 Å². The van der Waals surface area contributed by atoms with E-state index in [-0.39, 0.29) is 24.3 Å². The Morgan fingerprint density at radius 3 is 2.50 bits per heavy atom. The van der Waals surface area contributed by atoms with Crippen LogP contribution in [0, 0.1) is 5.92 Å². The minimum atomic E-state index is -0.853. The smallest absolute Gasteiger partial charge is 0.305 e. The first kappa shape index (κ1) is 13.3. The molecular formula is C13H21NO4. The number of amides is 1. The van der Waals surface area contributed by atoms with E-state index in [1.54, 1.807) is 4.90 Å². The second-order valence-electron chi connectivity index (χ2n) is 5.19. The van der Waals surface area contributed by atoms with E-state index in [1.165, 1.54) is 0 Å². The Morgan fingerprint density at radius 1 is 1.22 bits per heavy atom. The number of aliphatic carboxylic acids is 1. The van der Waals surface area contributed by atoms with E-state index >= 15 is 0 Å². The Bertz CT molecular complexity index is 308. The van der Waals surface area contributed by atoms with Gasteiger partial charge in [-0.2, -0.15) is 0 Å². The number of hydrogen-bond donors (Lipinski definition) is 1. The van der Waals surface area contributed by atoms with Crippen LogP contribution in [0.3, 0.4) is 0 Å². The molecule has 2 rings (SSSR count). The molecule has 5 nitrogen and oxygen atoms in total. The fraction of sp³-hybridized carbons (Fsp3) is 0.846. The number of carbonyl (C=O) groups is 2. The van der Waals surface area contributed by atoms with Crippen molar-refractivity contribution >= 4 is 11.9 Å². The SMILES string of the molecule is O=C(O)CCN(C[C@@H]1CCCO1)C(=O)C1CCC1. The molecule has 0 unspecified atom stereocenters. The number of hydrogen-bond acceptors (Lipinski definition) is 3. The normalized spacial score (nSPS) is 23.7. The average molecular weight is 255 g/mol. The minimum Gasteiger partial charge on any atom is -0.481 e. The largest absolute Gasteiger partial charge is 0.481 e. The van der Waals surface area contributed by atoms with E-state index in [1.807, 2.05) is 0 Å². The molecular weight excluding hydrogens is 234 g/mol. The maximum absolute atomic E-state index is 12.2. The second-order valence-corrected chi connectivity index (χ2v) is 5.19. The van der Waals surface area contributed by atoms with Crippen LogP contribution in [0.5, 0.6) is 0 Å². The van der Waals surface area contributed by atoms with Crippen molar-refractivity contribution in [1.29, 1.82) is 0 Å². The number of ether oxygens (including phenoxy) is 1. The highest BCUT2D eigenvalue weighted by atomic mass is 16.5. The molecule has 1 aliphatic heterocycles. The molecule has 1 atom stereocenters. The molecule has 0 aromatic rings. The van der Waals surface area contributed by atoms with Crippen LogP contribution in [0.1, 0.15) is 38.5 Å². The number of rotatable bonds is 6. The summed E-state index contributed by atoms with van der Waals surface area (Å²) < 4.78 is 5.53. The fourth-order valence-corrected chi connectivity index (χ4v) is 2.47. The first-order valence-electron chi connectivity index (χ1n) is 6.79. The summed E-state index contributed by atoms with van der Waals surface area (Å²) in [5.74, 6) is -0.605. The molecule has 1 aliphatic carbocycles. The van der Waals surface area contributed by atoms with Crippen LogP contribution in [0.15, 0.2) is 0 Å². The van der Waals surface area contributed by atoms with Crippen molar-refractivity contribution in [3.8, 4) is 0 Å². The van der Waals surface area contributed by atoms with Gasteiger partial charge in [-0.25, -0.2) is 0 Å². The first-order chi connectivity index (χ1) is 8.66. The van der Waals surface area contributed by atoms with Crippen molar-refractivity contribution in [3.05, 3.63) is 0 Å². The summed E-state index contributed by atoms with van der Waals surface area (Å²) in [5.41, 5.74) is 0. The van der Waals surface area contributed by atoms with Crippen molar-refractivity contribution in [1.82, 2.24) is 4.90 Å². The van der Waals surface area contributed by atoms with Crippen LogP contribution in [0.25, 0.3) is 0 Å². The van der Waals surface area contributed by atoms with Crippen molar-refractivity contribution < 1.29 is 19.4 Å². The standard InChI is InChI=1S/C13H21NO4/c15-12(16)6-7-14(9-11-5-2-8-18-11)13(17)10-3-1-4-10/h10-11H,1-9H2,(H,15,16)/t11-/m0/s1. The van der Waals surface area contributed by atoms with Gasteiger partial charge in [0.1, 0.15) is 0 Å². The molecule has 0 aromatic heterocycles. The summed E-state index contributed by atoms with van der Waals surface area (Å²) in [4.78, 5) is 24.6. The van der Waals surface area contributed by atoms with Crippen LogP contribution >= 0.6 is 0 Å². The quantitative estimate of drug-likeness (QED) is 0.776. The van der Waals surface area contributed by atoms with Gasteiger partial charge in [0.15, 0.2) is 0 Å². The third-order valence-corrected chi connectivity index (χ3v) is 3.81. The Labute approximate surface area is 107 Å². The monoisotopic (exact) mass is 255 g/mol. The van der Waals surface area contributed by atoms with E-state index in [4.69, 9.17) is 9.84 Å². The summed E-state index contributed by atoms with van der Waals surface area (Å²) in [5, 5.41) is 8.75. The molecule has 102 valence electrons. The van der Waals surface area contributed by atoms with Gasteiger partial charge in [0.25, 0.3) is 0 Å². The average Bonchev–Trinajstić information content (AvgIpc) is 2.73. The van der Waals surface area contributed by atoms with Crippen LogP contribution in [-0.4, -0.2) is 47.7 Å². The summed E-state index contributed by atoms with van der Waals surface area (Å²) in [6, 6.07) is 0. The number of carboxylic acids is 1. The van der Waals surface area contributed by atoms with Gasteiger partial charge in [0.05, 0.1) is 12.5 Å². The second kappa shape index (κ2) is 6.18. The van der Waals surface area contributed by atoms with E-state index in [0.29, 0.717) is 13.1 Å². The van der Waals surface area contributed by atoms with Gasteiger partial charge in [0, 0.05) is 25.6 Å². The molecule has 18 heavy (non-hydrogen) atoms. The lowest BCUT2D eigenvalue weighted by Gasteiger charge is -2.32. The summed E-state index contributed by atoms with van der Waals surface area (Å²) in [6.07, 6.45) is 5.15. The van der Waals surface area contributed by atoms with Crippen LogP contribution in [0.2, 0.25) is 0 Å². The summed E-state index contributed by atoms with van der Waals surface area (Å²) in [6.45, 7) is 1.63.